The standard InChI is InChI=1S/C21H19NO3/c1-15(23)20(13-5-8-19(20)25)21(14-22,16-6-3-2-4-7-16)17-9-11-18(24)12-10-17/h2-4,6-7,9-12,24H,5,8,13H2,1H3/t20-,21?/m0/s1. The maximum Gasteiger partial charge on any atom is 0.148 e. The van der Waals surface area contributed by atoms with Gasteiger partial charge in [0.1, 0.15) is 28.1 Å². The molecule has 0 saturated heterocycles. The topological polar surface area (TPSA) is 78.2 Å². The fourth-order valence-electron chi connectivity index (χ4n) is 4.18. The molecule has 3 rings (SSSR count). The number of ketones is 2. The van der Waals surface area contributed by atoms with Gasteiger partial charge in [0.2, 0.25) is 0 Å². The van der Waals surface area contributed by atoms with Crippen LogP contribution in [0.2, 0.25) is 0 Å². The molecule has 4 nitrogen and oxygen atoms in total. The van der Waals surface area contributed by atoms with E-state index in [-0.39, 0.29) is 17.3 Å². The summed E-state index contributed by atoms with van der Waals surface area (Å²) in [6, 6.07) is 17.6. The van der Waals surface area contributed by atoms with E-state index in [0.717, 1.165) is 0 Å². The van der Waals surface area contributed by atoms with Crippen molar-refractivity contribution in [3.63, 3.8) is 0 Å². The van der Waals surface area contributed by atoms with Crippen molar-refractivity contribution >= 4 is 11.6 Å². The lowest BCUT2D eigenvalue weighted by molar-refractivity contribution is -0.139. The van der Waals surface area contributed by atoms with Gasteiger partial charge in [0.25, 0.3) is 0 Å². The molecule has 1 aliphatic carbocycles. The summed E-state index contributed by atoms with van der Waals surface area (Å²) in [5.74, 6) is -0.398. The predicted octanol–water partition coefficient (Wildman–Crippen LogP) is 3.53. The van der Waals surface area contributed by atoms with Gasteiger partial charge in [-0.3, -0.25) is 9.59 Å². The van der Waals surface area contributed by atoms with E-state index in [0.29, 0.717) is 30.4 Å². The second-order valence-corrected chi connectivity index (χ2v) is 6.51. The van der Waals surface area contributed by atoms with Crippen LogP contribution in [-0.2, 0) is 15.0 Å². The minimum Gasteiger partial charge on any atom is -0.508 e. The highest BCUT2D eigenvalue weighted by atomic mass is 16.3. The molecule has 1 unspecified atom stereocenters. The normalized spacial score (nSPS) is 22.2. The molecule has 0 radical (unpaired) electrons. The summed E-state index contributed by atoms with van der Waals surface area (Å²) in [5, 5.41) is 20.0. The van der Waals surface area contributed by atoms with E-state index in [1.165, 1.54) is 19.1 Å². The first-order valence-corrected chi connectivity index (χ1v) is 8.29. The Morgan fingerprint density at radius 2 is 1.72 bits per heavy atom. The third kappa shape index (κ3) is 2.27. The van der Waals surface area contributed by atoms with Crippen LogP contribution in [0, 0.1) is 16.7 Å². The predicted molar refractivity (Wildman–Crippen MR) is 92.9 cm³/mol. The van der Waals surface area contributed by atoms with E-state index in [1.54, 1.807) is 36.4 Å². The molecule has 0 aliphatic heterocycles. The number of hydrogen-bond donors (Lipinski definition) is 1. The summed E-state index contributed by atoms with van der Waals surface area (Å²) < 4.78 is 0. The summed E-state index contributed by atoms with van der Waals surface area (Å²) >= 11 is 0. The fraction of sp³-hybridized carbons (Fsp3) is 0.286. The maximum absolute atomic E-state index is 12.9. The van der Waals surface area contributed by atoms with Gasteiger partial charge in [-0.2, -0.15) is 5.26 Å². The van der Waals surface area contributed by atoms with Crippen molar-refractivity contribution in [1.82, 2.24) is 0 Å². The lowest BCUT2D eigenvalue weighted by Crippen LogP contribution is -2.53. The molecular weight excluding hydrogens is 314 g/mol. The quantitative estimate of drug-likeness (QED) is 0.868. The Hall–Kier alpha value is -2.93. The molecule has 2 aromatic carbocycles. The van der Waals surface area contributed by atoms with Gasteiger partial charge >= 0.3 is 0 Å². The SMILES string of the molecule is CC(=O)[C@@]1(C(C#N)(c2ccccc2)c2ccc(O)cc2)CCCC1=O. The number of Topliss-reactive ketones (excluding diaryl/α,β-unsaturated/α-hetero) is 2. The first kappa shape index (κ1) is 16.9. The van der Waals surface area contributed by atoms with Crippen molar-refractivity contribution in [2.45, 2.75) is 31.6 Å². The van der Waals surface area contributed by atoms with Crippen molar-refractivity contribution in [2.75, 3.05) is 0 Å². The van der Waals surface area contributed by atoms with Gasteiger partial charge in [-0.05, 0) is 43.0 Å². The number of carbonyl (C=O) groups is 2. The van der Waals surface area contributed by atoms with Crippen LogP contribution >= 0.6 is 0 Å². The summed E-state index contributed by atoms with van der Waals surface area (Å²) in [5.41, 5.74) is -1.65. The molecular formula is C21H19NO3. The van der Waals surface area contributed by atoms with Crippen molar-refractivity contribution in [3.05, 3.63) is 65.7 Å². The zero-order valence-corrected chi connectivity index (χ0v) is 14.0. The molecule has 1 aliphatic rings. The summed E-state index contributed by atoms with van der Waals surface area (Å²) in [4.78, 5) is 25.7. The molecule has 0 amide bonds. The smallest absolute Gasteiger partial charge is 0.148 e. The molecule has 1 saturated carbocycles. The van der Waals surface area contributed by atoms with Crippen LogP contribution in [0.5, 0.6) is 5.75 Å². The molecule has 25 heavy (non-hydrogen) atoms. The number of nitrogens with zero attached hydrogens (tertiary/aromatic N) is 1. The van der Waals surface area contributed by atoms with Crippen LogP contribution in [0.25, 0.3) is 0 Å². The zero-order valence-electron chi connectivity index (χ0n) is 14.0. The molecule has 0 bridgehead atoms. The van der Waals surface area contributed by atoms with Crippen molar-refractivity contribution in [2.24, 2.45) is 5.41 Å². The molecule has 0 aromatic heterocycles. The lowest BCUT2D eigenvalue weighted by atomic mass is 9.54. The number of nitriles is 1. The molecule has 1 fully saturated rings. The molecule has 0 heterocycles. The van der Waals surface area contributed by atoms with Gasteiger partial charge < -0.3 is 5.11 Å². The van der Waals surface area contributed by atoms with Crippen molar-refractivity contribution < 1.29 is 14.7 Å². The Balaban J connectivity index is 2.40. The average Bonchev–Trinajstić information content (AvgIpc) is 3.01. The van der Waals surface area contributed by atoms with Gasteiger partial charge in [-0.25, -0.2) is 0 Å². The van der Waals surface area contributed by atoms with Gasteiger partial charge in [-0.1, -0.05) is 42.5 Å². The minimum atomic E-state index is -1.42. The fourth-order valence-corrected chi connectivity index (χ4v) is 4.18. The number of rotatable bonds is 4. The van der Waals surface area contributed by atoms with Crippen LogP contribution in [0.1, 0.15) is 37.3 Å². The van der Waals surface area contributed by atoms with Crippen LogP contribution in [0.3, 0.4) is 0 Å². The Labute approximate surface area is 146 Å². The number of phenolic OH excluding ortho intramolecular Hbond substituents is 1. The highest BCUT2D eigenvalue weighted by Gasteiger charge is 2.63. The molecule has 126 valence electrons. The Bertz CT molecular complexity index is 851. The third-order valence-electron chi connectivity index (χ3n) is 5.35. The van der Waals surface area contributed by atoms with Gasteiger partial charge in [-0.15, -0.1) is 0 Å². The third-order valence-corrected chi connectivity index (χ3v) is 5.35. The van der Waals surface area contributed by atoms with Crippen molar-refractivity contribution in [1.29, 1.82) is 5.26 Å². The van der Waals surface area contributed by atoms with Gasteiger partial charge in [0, 0.05) is 6.42 Å². The summed E-state index contributed by atoms with van der Waals surface area (Å²) in [6.45, 7) is 1.40. The van der Waals surface area contributed by atoms with E-state index >= 15 is 0 Å². The van der Waals surface area contributed by atoms with E-state index < -0.39 is 10.8 Å². The second kappa shape index (κ2) is 6.18. The monoisotopic (exact) mass is 333 g/mol. The number of carbonyl (C=O) groups excluding carboxylic acids is 2. The Morgan fingerprint density at radius 1 is 1.12 bits per heavy atom. The van der Waals surface area contributed by atoms with Crippen molar-refractivity contribution in [3.8, 4) is 11.8 Å². The number of aromatic hydroxyl groups is 1. The lowest BCUT2D eigenvalue weighted by Gasteiger charge is -2.42. The average molecular weight is 333 g/mol. The van der Waals surface area contributed by atoms with E-state index in [2.05, 4.69) is 6.07 Å². The minimum absolute atomic E-state index is 0.0678. The van der Waals surface area contributed by atoms with Gasteiger partial charge in [0.05, 0.1) is 6.07 Å². The second-order valence-electron chi connectivity index (χ2n) is 6.51. The summed E-state index contributed by atoms with van der Waals surface area (Å²) in [6.07, 6.45) is 1.24. The zero-order chi connectivity index (χ0) is 18.1. The molecule has 0 spiro atoms. The molecule has 1 N–H and O–H groups in total. The Kier molecular flexibility index (Phi) is 4.18. The molecule has 2 aromatic rings. The summed E-state index contributed by atoms with van der Waals surface area (Å²) in [7, 11) is 0. The Morgan fingerprint density at radius 3 is 2.20 bits per heavy atom. The first-order chi connectivity index (χ1) is 12.0. The van der Waals surface area contributed by atoms with E-state index in [4.69, 9.17) is 0 Å². The number of phenols is 1. The van der Waals surface area contributed by atoms with E-state index in [1.807, 2.05) is 6.07 Å². The number of benzene rings is 2. The van der Waals surface area contributed by atoms with Crippen LogP contribution < -0.4 is 0 Å². The van der Waals surface area contributed by atoms with Crippen LogP contribution in [-0.4, -0.2) is 16.7 Å². The van der Waals surface area contributed by atoms with Crippen LogP contribution in [0.4, 0.5) is 0 Å². The molecule has 4 heteroatoms. The number of hydrogen-bond acceptors (Lipinski definition) is 4. The maximum atomic E-state index is 12.9. The molecule has 2 atom stereocenters. The largest absolute Gasteiger partial charge is 0.508 e. The highest BCUT2D eigenvalue weighted by Crippen LogP contribution is 2.54. The van der Waals surface area contributed by atoms with Crippen LogP contribution in [0.15, 0.2) is 54.6 Å². The van der Waals surface area contributed by atoms with Gasteiger partial charge in [0.15, 0.2) is 0 Å². The van der Waals surface area contributed by atoms with E-state index in [9.17, 15) is 20.0 Å². The first-order valence-electron chi connectivity index (χ1n) is 8.29. The highest BCUT2D eigenvalue weighted by molar-refractivity contribution is 6.10.